The van der Waals surface area contributed by atoms with E-state index in [0.29, 0.717) is 11.4 Å². The Labute approximate surface area is 169 Å². The molecule has 0 fully saturated rings. The molecule has 0 radical (unpaired) electrons. The molecule has 0 aliphatic rings. The predicted molar refractivity (Wildman–Crippen MR) is 113 cm³/mol. The fraction of sp³-hybridized carbons (Fsp3) is 0.261. The van der Waals surface area contributed by atoms with Crippen LogP contribution in [0.15, 0.2) is 66.7 Å². The van der Waals surface area contributed by atoms with Crippen molar-refractivity contribution in [2.75, 3.05) is 18.5 Å². The zero-order chi connectivity index (χ0) is 20.8. The lowest BCUT2D eigenvalue weighted by Crippen LogP contribution is -2.45. The first-order valence-corrected chi connectivity index (χ1v) is 9.56. The minimum absolute atomic E-state index is 0.0566. The molecule has 3 aromatic carbocycles. The third-order valence-electron chi connectivity index (χ3n) is 4.57. The lowest BCUT2D eigenvalue weighted by Gasteiger charge is -2.29. The molecule has 0 aliphatic carbocycles. The number of carbonyl (C=O) groups excluding carboxylic acids is 1. The molecular weight excluding hydrogens is 371 g/mol. The molecule has 152 valence electrons. The SMILES string of the molecule is CC(C)N(CC(O)COc1cccc2ccccc12)C(=O)Nc1ccc(F)cc1. The maximum atomic E-state index is 13.0. The summed E-state index contributed by atoms with van der Waals surface area (Å²) in [5.74, 6) is 0.318. The highest BCUT2D eigenvalue weighted by Crippen LogP contribution is 2.25. The number of aliphatic hydroxyl groups is 1. The first kappa shape index (κ1) is 20.6. The second kappa shape index (κ2) is 9.39. The molecule has 0 aliphatic heterocycles. The van der Waals surface area contributed by atoms with E-state index in [1.165, 1.54) is 29.2 Å². The van der Waals surface area contributed by atoms with Crippen LogP contribution in [0.3, 0.4) is 0 Å². The molecule has 0 saturated heterocycles. The Kier molecular flexibility index (Phi) is 6.67. The highest BCUT2D eigenvalue weighted by atomic mass is 19.1. The number of hydrogen-bond acceptors (Lipinski definition) is 3. The largest absolute Gasteiger partial charge is 0.490 e. The van der Waals surface area contributed by atoms with Gasteiger partial charge in [0.05, 0.1) is 6.54 Å². The Morgan fingerprint density at radius 2 is 1.76 bits per heavy atom. The van der Waals surface area contributed by atoms with Crippen molar-refractivity contribution < 1.29 is 19.0 Å². The van der Waals surface area contributed by atoms with E-state index >= 15 is 0 Å². The van der Waals surface area contributed by atoms with Crippen LogP contribution in [-0.2, 0) is 0 Å². The van der Waals surface area contributed by atoms with Gasteiger partial charge in [0.2, 0.25) is 0 Å². The summed E-state index contributed by atoms with van der Waals surface area (Å²) in [5, 5.41) is 15.2. The van der Waals surface area contributed by atoms with Gasteiger partial charge in [-0.2, -0.15) is 0 Å². The van der Waals surface area contributed by atoms with Gasteiger partial charge in [0, 0.05) is 17.1 Å². The number of hydrogen-bond donors (Lipinski definition) is 2. The van der Waals surface area contributed by atoms with Crippen LogP contribution in [-0.4, -0.2) is 41.3 Å². The summed E-state index contributed by atoms with van der Waals surface area (Å²) >= 11 is 0. The first-order chi connectivity index (χ1) is 13.9. The van der Waals surface area contributed by atoms with E-state index in [1.807, 2.05) is 56.3 Å². The van der Waals surface area contributed by atoms with E-state index in [4.69, 9.17) is 4.74 Å². The normalized spacial score (nSPS) is 12.0. The number of benzene rings is 3. The van der Waals surface area contributed by atoms with Crippen LogP contribution in [0.25, 0.3) is 10.8 Å². The number of amides is 2. The quantitative estimate of drug-likeness (QED) is 0.611. The van der Waals surface area contributed by atoms with Crippen LogP contribution in [0.2, 0.25) is 0 Å². The number of nitrogens with one attached hydrogen (secondary N) is 1. The van der Waals surface area contributed by atoms with Crippen LogP contribution < -0.4 is 10.1 Å². The lowest BCUT2D eigenvalue weighted by molar-refractivity contribution is 0.0722. The van der Waals surface area contributed by atoms with Gasteiger partial charge < -0.3 is 20.1 Å². The number of nitrogens with zero attached hydrogens (tertiary/aromatic N) is 1. The van der Waals surface area contributed by atoms with Crippen molar-refractivity contribution in [3.8, 4) is 5.75 Å². The Morgan fingerprint density at radius 3 is 2.48 bits per heavy atom. The number of halogens is 1. The highest BCUT2D eigenvalue weighted by molar-refractivity contribution is 5.89. The number of carbonyl (C=O) groups is 1. The van der Waals surface area contributed by atoms with Crippen molar-refractivity contribution in [3.05, 3.63) is 72.5 Å². The maximum absolute atomic E-state index is 13.0. The van der Waals surface area contributed by atoms with Crippen LogP contribution in [0, 0.1) is 5.82 Å². The Balaban J connectivity index is 1.61. The lowest BCUT2D eigenvalue weighted by atomic mass is 10.1. The molecule has 3 aromatic rings. The fourth-order valence-electron chi connectivity index (χ4n) is 3.04. The van der Waals surface area contributed by atoms with E-state index in [-0.39, 0.29) is 31.0 Å². The van der Waals surface area contributed by atoms with Crippen molar-refractivity contribution >= 4 is 22.5 Å². The number of ether oxygens (including phenoxy) is 1. The molecule has 2 N–H and O–H groups in total. The monoisotopic (exact) mass is 396 g/mol. The predicted octanol–water partition coefficient (Wildman–Crippen LogP) is 4.66. The number of anilines is 1. The van der Waals surface area contributed by atoms with Gasteiger partial charge in [-0.3, -0.25) is 0 Å². The molecule has 0 aromatic heterocycles. The minimum Gasteiger partial charge on any atom is -0.490 e. The van der Waals surface area contributed by atoms with Crippen molar-refractivity contribution in [1.29, 1.82) is 0 Å². The minimum atomic E-state index is -0.865. The van der Waals surface area contributed by atoms with Gasteiger partial charge in [-0.15, -0.1) is 0 Å². The molecule has 5 nitrogen and oxygen atoms in total. The Bertz CT molecular complexity index is 955. The summed E-state index contributed by atoms with van der Waals surface area (Å²) in [4.78, 5) is 14.1. The van der Waals surface area contributed by atoms with E-state index in [9.17, 15) is 14.3 Å². The molecule has 6 heteroatoms. The molecule has 1 unspecified atom stereocenters. The van der Waals surface area contributed by atoms with E-state index in [2.05, 4.69) is 5.32 Å². The van der Waals surface area contributed by atoms with Crippen molar-refractivity contribution in [1.82, 2.24) is 4.90 Å². The van der Waals surface area contributed by atoms with Gasteiger partial charge >= 0.3 is 6.03 Å². The van der Waals surface area contributed by atoms with Crippen LogP contribution in [0.1, 0.15) is 13.8 Å². The summed E-state index contributed by atoms with van der Waals surface area (Å²) in [6.45, 7) is 3.89. The van der Waals surface area contributed by atoms with Crippen LogP contribution >= 0.6 is 0 Å². The summed E-state index contributed by atoms with van der Waals surface area (Å²) < 4.78 is 18.9. The third kappa shape index (κ3) is 5.45. The van der Waals surface area contributed by atoms with E-state index in [0.717, 1.165) is 10.8 Å². The highest BCUT2D eigenvalue weighted by Gasteiger charge is 2.21. The molecule has 0 spiro atoms. The molecule has 0 saturated carbocycles. The van der Waals surface area contributed by atoms with E-state index in [1.54, 1.807) is 0 Å². The van der Waals surface area contributed by atoms with Crippen molar-refractivity contribution in [2.24, 2.45) is 0 Å². The topological polar surface area (TPSA) is 61.8 Å². The Hall–Kier alpha value is -3.12. The summed E-state index contributed by atoms with van der Waals surface area (Å²) in [6, 6.07) is 18.7. The second-order valence-electron chi connectivity index (χ2n) is 7.13. The smallest absolute Gasteiger partial charge is 0.322 e. The molecular formula is C23H25FN2O3. The third-order valence-corrected chi connectivity index (χ3v) is 4.57. The van der Waals surface area contributed by atoms with Crippen LogP contribution in [0.4, 0.5) is 14.9 Å². The van der Waals surface area contributed by atoms with Gasteiger partial charge in [-0.25, -0.2) is 9.18 Å². The van der Waals surface area contributed by atoms with Crippen molar-refractivity contribution in [3.63, 3.8) is 0 Å². The molecule has 29 heavy (non-hydrogen) atoms. The molecule has 2 amide bonds. The van der Waals surface area contributed by atoms with Gasteiger partial charge in [0.1, 0.15) is 24.3 Å². The van der Waals surface area contributed by atoms with Gasteiger partial charge in [-0.05, 0) is 49.6 Å². The van der Waals surface area contributed by atoms with Gasteiger partial charge in [0.25, 0.3) is 0 Å². The summed E-state index contributed by atoms with van der Waals surface area (Å²) in [6.07, 6.45) is -0.865. The number of fused-ring (bicyclic) bond motifs is 1. The van der Waals surface area contributed by atoms with Gasteiger partial charge in [0.15, 0.2) is 0 Å². The average Bonchev–Trinajstić information content (AvgIpc) is 2.71. The number of aliphatic hydroxyl groups excluding tert-OH is 1. The maximum Gasteiger partial charge on any atom is 0.322 e. The standard InChI is InChI=1S/C23H25FN2O3/c1-16(2)26(23(28)25-19-12-10-18(24)11-13-19)14-20(27)15-29-22-9-5-7-17-6-3-4-8-21(17)22/h3-13,16,20,27H,14-15H2,1-2H3,(H,25,28). The van der Waals surface area contributed by atoms with Crippen LogP contribution in [0.5, 0.6) is 5.75 Å². The molecule has 3 rings (SSSR count). The molecule has 1 atom stereocenters. The number of rotatable bonds is 7. The first-order valence-electron chi connectivity index (χ1n) is 9.56. The molecule has 0 bridgehead atoms. The number of urea groups is 1. The summed E-state index contributed by atoms with van der Waals surface area (Å²) in [7, 11) is 0. The van der Waals surface area contributed by atoms with Gasteiger partial charge in [-0.1, -0.05) is 36.4 Å². The second-order valence-corrected chi connectivity index (χ2v) is 7.13. The zero-order valence-corrected chi connectivity index (χ0v) is 16.5. The average molecular weight is 396 g/mol. The molecule has 0 heterocycles. The Morgan fingerprint density at radius 1 is 1.07 bits per heavy atom. The van der Waals surface area contributed by atoms with Crippen molar-refractivity contribution in [2.45, 2.75) is 26.0 Å². The fourth-order valence-corrected chi connectivity index (χ4v) is 3.04. The van der Waals surface area contributed by atoms with E-state index < -0.39 is 6.10 Å². The summed E-state index contributed by atoms with van der Waals surface area (Å²) in [5.41, 5.74) is 0.489. The zero-order valence-electron chi connectivity index (χ0n) is 16.5.